The van der Waals surface area contributed by atoms with Crippen molar-refractivity contribution >= 4 is 6.41 Å². The van der Waals surface area contributed by atoms with E-state index in [0.29, 0.717) is 25.8 Å². The second-order valence-corrected chi connectivity index (χ2v) is 2.85. The first kappa shape index (κ1) is 10.3. The molecule has 0 bridgehead atoms. The van der Waals surface area contributed by atoms with Crippen molar-refractivity contribution < 1.29 is 18.3 Å². The highest BCUT2D eigenvalue weighted by atomic mass is 19.3. The molecule has 1 aliphatic rings. The number of hydrogen-bond donors (Lipinski definition) is 2. The van der Waals surface area contributed by atoms with Crippen LogP contribution in [0.3, 0.4) is 0 Å². The third-order valence-electron chi connectivity index (χ3n) is 1.94. The maximum atomic E-state index is 11.7. The van der Waals surface area contributed by atoms with E-state index in [4.69, 9.17) is 0 Å². The van der Waals surface area contributed by atoms with Gasteiger partial charge in [-0.1, -0.05) is 0 Å². The van der Waals surface area contributed by atoms with Crippen LogP contribution in [0, 0.1) is 0 Å². The van der Waals surface area contributed by atoms with E-state index < -0.39 is 12.8 Å². The number of carbonyl (C=O) groups excluding carboxylic acids is 1. The summed E-state index contributed by atoms with van der Waals surface area (Å²) in [6.07, 6.45) is 1.16. The molecule has 1 amide bonds. The second kappa shape index (κ2) is 5.08. The number of ether oxygens (including phenoxy) is 1. The maximum Gasteiger partial charge on any atom is 0.346 e. The van der Waals surface area contributed by atoms with Gasteiger partial charge in [0.15, 0.2) is 0 Å². The molecule has 1 fully saturated rings. The largest absolute Gasteiger partial charge is 0.355 e. The Kier molecular flexibility index (Phi) is 4.04. The number of amides is 1. The molecule has 0 aromatic heterocycles. The van der Waals surface area contributed by atoms with Gasteiger partial charge in [0, 0.05) is 12.6 Å². The molecule has 13 heavy (non-hydrogen) atoms. The summed E-state index contributed by atoms with van der Waals surface area (Å²) in [5.74, 6) is 0. The minimum absolute atomic E-state index is 0.0232. The highest BCUT2D eigenvalue weighted by Gasteiger charge is 2.22. The molecule has 0 spiro atoms. The number of piperidine rings is 1. The van der Waals surface area contributed by atoms with Gasteiger partial charge < -0.3 is 10.1 Å². The van der Waals surface area contributed by atoms with Gasteiger partial charge in [-0.2, -0.15) is 8.78 Å². The Morgan fingerprint density at radius 3 is 2.77 bits per heavy atom. The molecule has 0 saturated carbocycles. The summed E-state index contributed by atoms with van der Waals surface area (Å²) in [5, 5.41) is 5.33. The topological polar surface area (TPSA) is 50.4 Å². The van der Waals surface area contributed by atoms with Crippen molar-refractivity contribution in [3.05, 3.63) is 0 Å². The van der Waals surface area contributed by atoms with Crippen LogP contribution in [0.15, 0.2) is 0 Å². The fourth-order valence-corrected chi connectivity index (χ4v) is 1.31. The van der Waals surface area contributed by atoms with Crippen molar-refractivity contribution in [1.82, 2.24) is 10.6 Å². The molecule has 4 nitrogen and oxygen atoms in total. The Labute approximate surface area is 74.6 Å². The van der Waals surface area contributed by atoms with E-state index in [-0.39, 0.29) is 6.04 Å². The first-order valence-corrected chi connectivity index (χ1v) is 4.09. The average molecular weight is 194 g/mol. The summed E-state index contributed by atoms with van der Waals surface area (Å²) >= 11 is 0. The Hall–Kier alpha value is -0.750. The molecule has 76 valence electrons. The third kappa shape index (κ3) is 3.65. The molecule has 0 aromatic carbocycles. The highest BCUT2D eigenvalue weighted by molar-refractivity contribution is 5.46. The smallest absolute Gasteiger partial charge is 0.346 e. The number of carbonyl (C=O) groups is 1. The van der Waals surface area contributed by atoms with Gasteiger partial charge in [0.25, 0.3) is 0 Å². The van der Waals surface area contributed by atoms with E-state index in [1.807, 2.05) is 0 Å². The molecule has 1 heterocycles. The Morgan fingerprint density at radius 1 is 1.54 bits per heavy atom. The zero-order valence-electron chi connectivity index (χ0n) is 7.00. The van der Waals surface area contributed by atoms with Gasteiger partial charge in [-0.05, 0) is 12.8 Å². The first-order chi connectivity index (χ1) is 6.22. The molecular formula is C7H12F2N2O2. The lowest BCUT2D eigenvalue weighted by molar-refractivity contribution is -0.177. The van der Waals surface area contributed by atoms with E-state index >= 15 is 0 Å². The molecule has 0 aliphatic carbocycles. The summed E-state index contributed by atoms with van der Waals surface area (Å²) in [6.45, 7) is -2.27. The molecule has 2 unspecified atom stereocenters. The number of nitrogens with one attached hydrogen (secondary N) is 2. The van der Waals surface area contributed by atoms with Crippen LogP contribution in [0.2, 0.25) is 0 Å². The lowest BCUT2D eigenvalue weighted by Gasteiger charge is -2.28. The van der Waals surface area contributed by atoms with Crippen molar-refractivity contribution in [2.75, 3.05) is 6.54 Å². The summed E-state index contributed by atoms with van der Waals surface area (Å²) in [4.78, 5) is 10.0. The molecule has 1 aliphatic heterocycles. The maximum absolute atomic E-state index is 11.7. The Morgan fingerprint density at radius 2 is 2.31 bits per heavy atom. The van der Waals surface area contributed by atoms with E-state index in [2.05, 4.69) is 15.4 Å². The molecular weight excluding hydrogens is 182 g/mol. The number of alkyl halides is 2. The lowest BCUT2D eigenvalue weighted by Crippen LogP contribution is -2.48. The molecule has 6 heteroatoms. The van der Waals surface area contributed by atoms with Crippen LogP contribution in [-0.4, -0.2) is 31.8 Å². The fraction of sp³-hybridized carbons (Fsp3) is 0.857. The SMILES string of the molecule is O=CNC1CCC(OC(F)F)NC1. The van der Waals surface area contributed by atoms with Gasteiger partial charge in [0.05, 0.1) is 0 Å². The number of halogens is 2. The average Bonchev–Trinajstić information content (AvgIpc) is 2.08. The molecule has 0 aromatic rings. The van der Waals surface area contributed by atoms with Crippen LogP contribution in [-0.2, 0) is 9.53 Å². The van der Waals surface area contributed by atoms with Crippen molar-refractivity contribution in [3.8, 4) is 0 Å². The van der Waals surface area contributed by atoms with Gasteiger partial charge >= 0.3 is 6.61 Å². The van der Waals surface area contributed by atoms with Gasteiger partial charge in [-0.15, -0.1) is 0 Å². The lowest BCUT2D eigenvalue weighted by atomic mass is 10.1. The summed E-state index contributed by atoms with van der Waals surface area (Å²) < 4.78 is 27.7. The van der Waals surface area contributed by atoms with Gasteiger partial charge in [-0.3, -0.25) is 10.1 Å². The molecule has 0 radical (unpaired) electrons. The second-order valence-electron chi connectivity index (χ2n) is 2.85. The van der Waals surface area contributed by atoms with Crippen molar-refractivity contribution in [2.24, 2.45) is 0 Å². The first-order valence-electron chi connectivity index (χ1n) is 4.09. The van der Waals surface area contributed by atoms with Crippen LogP contribution in [0.5, 0.6) is 0 Å². The summed E-state index contributed by atoms with van der Waals surface area (Å²) in [7, 11) is 0. The molecule has 2 atom stereocenters. The summed E-state index contributed by atoms with van der Waals surface area (Å²) in [5.41, 5.74) is 0. The molecule has 1 saturated heterocycles. The van der Waals surface area contributed by atoms with Crippen LogP contribution in [0.25, 0.3) is 0 Å². The third-order valence-corrected chi connectivity index (χ3v) is 1.94. The quantitative estimate of drug-likeness (QED) is 0.622. The standard InChI is InChI=1S/C7H12F2N2O2/c8-7(9)13-6-2-1-5(3-10-6)11-4-12/h4-7,10H,1-3H2,(H,11,12). The van der Waals surface area contributed by atoms with Crippen molar-refractivity contribution in [2.45, 2.75) is 31.7 Å². The van der Waals surface area contributed by atoms with Crippen molar-refractivity contribution in [3.63, 3.8) is 0 Å². The minimum Gasteiger partial charge on any atom is -0.355 e. The molecule has 2 N–H and O–H groups in total. The van der Waals surface area contributed by atoms with E-state index in [1.54, 1.807) is 0 Å². The van der Waals surface area contributed by atoms with Crippen LogP contribution < -0.4 is 10.6 Å². The van der Waals surface area contributed by atoms with Crippen LogP contribution in [0.1, 0.15) is 12.8 Å². The van der Waals surface area contributed by atoms with Crippen LogP contribution in [0.4, 0.5) is 8.78 Å². The zero-order valence-corrected chi connectivity index (χ0v) is 7.00. The minimum atomic E-state index is -2.74. The van der Waals surface area contributed by atoms with Gasteiger partial charge in [-0.25, -0.2) is 0 Å². The normalized spacial score (nSPS) is 28.8. The summed E-state index contributed by atoms with van der Waals surface area (Å²) in [6, 6.07) is 0.0232. The van der Waals surface area contributed by atoms with Crippen LogP contribution >= 0.6 is 0 Å². The monoisotopic (exact) mass is 194 g/mol. The predicted molar refractivity (Wildman–Crippen MR) is 41.1 cm³/mol. The number of hydrogen-bond acceptors (Lipinski definition) is 3. The number of rotatable bonds is 4. The Balaban J connectivity index is 2.18. The zero-order chi connectivity index (χ0) is 9.68. The predicted octanol–water partition coefficient (Wildman–Crippen LogP) is 0.0497. The Bertz CT molecular complexity index is 161. The van der Waals surface area contributed by atoms with E-state index in [0.717, 1.165) is 0 Å². The highest BCUT2D eigenvalue weighted by Crippen LogP contribution is 2.11. The molecule has 1 rings (SSSR count). The van der Waals surface area contributed by atoms with Gasteiger partial charge in [0.2, 0.25) is 6.41 Å². The van der Waals surface area contributed by atoms with Gasteiger partial charge in [0.1, 0.15) is 6.23 Å². The van der Waals surface area contributed by atoms with Crippen molar-refractivity contribution in [1.29, 1.82) is 0 Å². The fourth-order valence-electron chi connectivity index (χ4n) is 1.31. The van der Waals surface area contributed by atoms with E-state index in [1.165, 1.54) is 0 Å². The van der Waals surface area contributed by atoms with E-state index in [9.17, 15) is 13.6 Å².